The number of nitrogens with zero attached hydrogens (tertiary/aromatic N) is 2. The van der Waals surface area contributed by atoms with E-state index in [1.807, 2.05) is 25.1 Å². The predicted octanol–water partition coefficient (Wildman–Crippen LogP) is 5.18. The summed E-state index contributed by atoms with van der Waals surface area (Å²) in [6.07, 6.45) is 4.70. The topological polar surface area (TPSA) is 92.9 Å². The van der Waals surface area contributed by atoms with Gasteiger partial charge in [-0.2, -0.15) is 0 Å². The molecule has 1 amide bonds. The number of likely N-dealkylation sites (tertiary alicyclic amines) is 1. The Balaban J connectivity index is 1.45. The summed E-state index contributed by atoms with van der Waals surface area (Å²) in [5.41, 5.74) is 3.23. The van der Waals surface area contributed by atoms with Crippen LogP contribution in [0.3, 0.4) is 0 Å². The van der Waals surface area contributed by atoms with Crippen molar-refractivity contribution >= 4 is 17.4 Å². The number of furan rings is 1. The van der Waals surface area contributed by atoms with Gasteiger partial charge in [-0.1, -0.05) is 35.9 Å². The monoisotopic (exact) mass is 480 g/mol. The molecule has 180 valence electrons. The summed E-state index contributed by atoms with van der Waals surface area (Å²) in [5, 5.41) is 11.2. The number of rotatable bonds is 7. The molecule has 2 aromatic heterocycles. The highest BCUT2D eigenvalue weighted by molar-refractivity contribution is 6.46. The predicted molar refractivity (Wildman–Crippen MR) is 133 cm³/mol. The van der Waals surface area contributed by atoms with Gasteiger partial charge in [0.25, 0.3) is 11.7 Å². The normalized spacial score (nSPS) is 16.9. The highest BCUT2D eigenvalue weighted by Gasteiger charge is 2.46. The number of aliphatic hydroxyl groups excluding tert-OH is 1. The number of ether oxygens (including phenoxy) is 1. The highest BCUT2D eigenvalue weighted by Crippen LogP contribution is 2.40. The summed E-state index contributed by atoms with van der Waals surface area (Å²) in [6, 6.07) is 21.0. The van der Waals surface area contributed by atoms with E-state index in [4.69, 9.17) is 9.15 Å². The standard InChI is InChI=1S/C29H24N2O5/c1-19-5-2-6-20(15-19)18-36-23-11-9-21(10-12-23)27(32)25-26(22-7-3-13-30-16-22)31(29(34)28(25)33)17-24-8-4-14-35-24/h2-16,26,32H,17-18H2,1H3/t26-/m1/s1. The van der Waals surface area contributed by atoms with Crippen molar-refractivity contribution in [3.8, 4) is 5.75 Å². The quantitative estimate of drug-likeness (QED) is 0.222. The molecule has 7 heteroatoms. The van der Waals surface area contributed by atoms with Gasteiger partial charge in [-0.3, -0.25) is 14.6 Å². The second-order valence-electron chi connectivity index (χ2n) is 8.59. The number of aliphatic hydroxyl groups is 1. The summed E-state index contributed by atoms with van der Waals surface area (Å²) >= 11 is 0. The van der Waals surface area contributed by atoms with Crippen molar-refractivity contribution in [3.05, 3.63) is 125 Å². The van der Waals surface area contributed by atoms with Gasteiger partial charge in [0.05, 0.1) is 24.4 Å². The van der Waals surface area contributed by atoms with Gasteiger partial charge in [0.2, 0.25) is 0 Å². The van der Waals surface area contributed by atoms with Crippen molar-refractivity contribution in [1.82, 2.24) is 9.88 Å². The Morgan fingerprint density at radius 3 is 2.58 bits per heavy atom. The Hall–Kier alpha value is -4.65. The molecular formula is C29H24N2O5. The van der Waals surface area contributed by atoms with E-state index < -0.39 is 17.7 Å². The van der Waals surface area contributed by atoms with Gasteiger partial charge in [-0.15, -0.1) is 0 Å². The van der Waals surface area contributed by atoms with Crippen molar-refractivity contribution in [2.45, 2.75) is 26.1 Å². The maximum atomic E-state index is 13.1. The molecule has 0 aliphatic carbocycles. The molecule has 0 saturated carbocycles. The van der Waals surface area contributed by atoms with Crippen LogP contribution >= 0.6 is 0 Å². The van der Waals surface area contributed by atoms with Crippen LogP contribution in [0, 0.1) is 6.92 Å². The molecule has 1 aliphatic heterocycles. The molecule has 1 atom stereocenters. The number of carbonyl (C=O) groups is 2. The molecule has 1 aliphatic rings. The summed E-state index contributed by atoms with van der Waals surface area (Å²) in [5.74, 6) is -0.571. The SMILES string of the molecule is Cc1cccc(COc2ccc(C(O)=C3C(=O)C(=O)N(Cc4ccco4)[C@@H]3c3cccnc3)cc2)c1. The van der Waals surface area contributed by atoms with E-state index >= 15 is 0 Å². The zero-order valence-corrected chi connectivity index (χ0v) is 19.6. The van der Waals surface area contributed by atoms with Crippen LogP contribution < -0.4 is 4.74 Å². The lowest BCUT2D eigenvalue weighted by atomic mass is 9.96. The lowest BCUT2D eigenvalue weighted by molar-refractivity contribution is -0.140. The van der Waals surface area contributed by atoms with Gasteiger partial charge >= 0.3 is 0 Å². The minimum atomic E-state index is -0.805. The minimum absolute atomic E-state index is 0.00739. The zero-order chi connectivity index (χ0) is 25.1. The third-order valence-electron chi connectivity index (χ3n) is 6.06. The molecule has 36 heavy (non-hydrogen) atoms. The fourth-order valence-electron chi connectivity index (χ4n) is 4.33. The Morgan fingerprint density at radius 2 is 1.89 bits per heavy atom. The minimum Gasteiger partial charge on any atom is -0.507 e. The van der Waals surface area contributed by atoms with Crippen molar-refractivity contribution in [1.29, 1.82) is 0 Å². The van der Waals surface area contributed by atoms with E-state index in [0.717, 1.165) is 11.1 Å². The highest BCUT2D eigenvalue weighted by atomic mass is 16.5. The summed E-state index contributed by atoms with van der Waals surface area (Å²) < 4.78 is 11.3. The molecule has 0 radical (unpaired) electrons. The fourth-order valence-corrected chi connectivity index (χ4v) is 4.33. The largest absolute Gasteiger partial charge is 0.507 e. The van der Waals surface area contributed by atoms with Crippen LogP contribution in [0.1, 0.15) is 34.1 Å². The third-order valence-corrected chi connectivity index (χ3v) is 6.06. The molecule has 1 saturated heterocycles. The smallest absolute Gasteiger partial charge is 0.296 e. The van der Waals surface area contributed by atoms with Crippen LogP contribution in [0.5, 0.6) is 5.75 Å². The van der Waals surface area contributed by atoms with Gasteiger partial charge < -0.3 is 19.2 Å². The molecule has 2 aromatic carbocycles. The molecule has 3 heterocycles. The molecule has 0 bridgehead atoms. The van der Waals surface area contributed by atoms with Crippen LogP contribution in [-0.4, -0.2) is 26.7 Å². The number of aryl methyl sites for hydroxylation is 1. The average Bonchev–Trinajstić information content (AvgIpc) is 3.50. The molecule has 0 spiro atoms. The molecule has 0 unspecified atom stereocenters. The van der Waals surface area contributed by atoms with Crippen LogP contribution in [0.4, 0.5) is 0 Å². The summed E-state index contributed by atoms with van der Waals surface area (Å²) in [6.45, 7) is 2.52. The van der Waals surface area contributed by atoms with Gasteiger partial charge in [0.1, 0.15) is 23.9 Å². The van der Waals surface area contributed by atoms with Gasteiger partial charge in [-0.05, 0) is 60.5 Å². The van der Waals surface area contributed by atoms with Crippen molar-refractivity contribution < 1.29 is 23.8 Å². The average molecular weight is 481 g/mol. The van der Waals surface area contributed by atoms with E-state index in [1.165, 1.54) is 11.2 Å². The zero-order valence-electron chi connectivity index (χ0n) is 19.6. The second kappa shape index (κ2) is 9.92. The van der Waals surface area contributed by atoms with Crippen LogP contribution in [-0.2, 0) is 22.7 Å². The van der Waals surface area contributed by atoms with Gasteiger partial charge in [0, 0.05) is 18.0 Å². The van der Waals surface area contributed by atoms with Gasteiger partial charge in [0.15, 0.2) is 0 Å². The van der Waals surface area contributed by atoms with Crippen molar-refractivity contribution in [2.75, 3.05) is 0 Å². The second-order valence-corrected chi connectivity index (χ2v) is 8.59. The number of aromatic nitrogens is 1. The fraction of sp³-hybridized carbons (Fsp3) is 0.138. The molecule has 4 aromatic rings. The third kappa shape index (κ3) is 4.63. The molecule has 1 N–H and O–H groups in total. The number of hydrogen-bond donors (Lipinski definition) is 1. The first kappa shape index (κ1) is 23.1. The first-order valence-corrected chi connectivity index (χ1v) is 11.5. The van der Waals surface area contributed by atoms with E-state index in [-0.39, 0.29) is 17.9 Å². The van der Waals surface area contributed by atoms with Crippen LogP contribution in [0.2, 0.25) is 0 Å². The maximum Gasteiger partial charge on any atom is 0.296 e. The Bertz CT molecular complexity index is 1410. The lowest BCUT2D eigenvalue weighted by Crippen LogP contribution is -2.29. The van der Waals surface area contributed by atoms with Crippen LogP contribution in [0.25, 0.3) is 5.76 Å². The number of Topliss-reactive ketones (excluding diaryl/α,β-unsaturated/α-hetero) is 1. The Morgan fingerprint density at radius 1 is 1.06 bits per heavy atom. The number of ketones is 1. The van der Waals surface area contributed by atoms with E-state index in [9.17, 15) is 14.7 Å². The maximum absolute atomic E-state index is 13.1. The number of carbonyl (C=O) groups excluding carboxylic acids is 2. The number of pyridine rings is 1. The lowest BCUT2D eigenvalue weighted by Gasteiger charge is -2.24. The van der Waals surface area contributed by atoms with E-state index in [1.54, 1.807) is 60.9 Å². The van der Waals surface area contributed by atoms with E-state index in [0.29, 0.717) is 29.2 Å². The van der Waals surface area contributed by atoms with E-state index in [2.05, 4.69) is 11.1 Å². The molecule has 7 nitrogen and oxygen atoms in total. The van der Waals surface area contributed by atoms with Gasteiger partial charge in [-0.25, -0.2) is 0 Å². The Labute approximate surface area is 208 Å². The number of benzene rings is 2. The number of amides is 1. The molecule has 1 fully saturated rings. The number of hydrogen-bond acceptors (Lipinski definition) is 6. The van der Waals surface area contributed by atoms with Crippen molar-refractivity contribution in [3.63, 3.8) is 0 Å². The van der Waals surface area contributed by atoms with Crippen molar-refractivity contribution in [2.24, 2.45) is 0 Å². The summed E-state index contributed by atoms with van der Waals surface area (Å²) in [7, 11) is 0. The summed E-state index contributed by atoms with van der Waals surface area (Å²) in [4.78, 5) is 31.7. The first-order chi connectivity index (χ1) is 17.5. The first-order valence-electron chi connectivity index (χ1n) is 11.5. The molecule has 5 rings (SSSR count). The van der Waals surface area contributed by atoms with Crippen LogP contribution in [0.15, 0.2) is 101 Å². The Kier molecular flexibility index (Phi) is 6.36. The molecular weight excluding hydrogens is 456 g/mol.